The molecule has 0 radical (unpaired) electrons. The molecule has 2 heterocycles. The van der Waals surface area contributed by atoms with Gasteiger partial charge in [0, 0.05) is 28.1 Å². The van der Waals surface area contributed by atoms with Crippen LogP contribution in [0, 0.1) is 6.92 Å². The fourth-order valence-electron chi connectivity index (χ4n) is 1.62. The van der Waals surface area contributed by atoms with E-state index in [1.54, 1.807) is 12.4 Å². The molecule has 2 aromatic heterocycles. The smallest absolute Gasteiger partial charge is 0.241 e. The second-order valence-electron chi connectivity index (χ2n) is 3.92. The summed E-state index contributed by atoms with van der Waals surface area (Å²) in [4.78, 5) is 5.68. The first kappa shape index (κ1) is 14.6. The predicted octanol–water partition coefficient (Wildman–Crippen LogP) is 1.53. The summed E-state index contributed by atoms with van der Waals surface area (Å²) >= 11 is 2.78. The Morgan fingerprint density at radius 3 is 2.84 bits per heavy atom. The SMILES string of the molecule is Cc1sc(CO)cc1S(=O)(=O)NCCc1cscn1. The lowest BCUT2D eigenvalue weighted by Gasteiger charge is -2.05. The molecule has 19 heavy (non-hydrogen) atoms. The van der Waals surface area contributed by atoms with E-state index in [1.165, 1.54) is 28.7 Å². The van der Waals surface area contributed by atoms with Gasteiger partial charge in [-0.05, 0) is 13.0 Å². The van der Waals surface area contributed by atoms with Crippen molar-refractivity contribution in [2.75, 3.05) is 6.54 Å². The number of nitrogens with one attached hydrogen (secondary N) is 1. The first-order valence-corrected chi connectivity index (χ1v) is 8.84. The van der Waals surface area contributed by atoms with Gasteiger partial charge in [-0.15, -0.1) is 22.7 Å². The molecule has 0 spiro atoms. The summed E-state index contributed by atoms with van der Waals surface area (Å²) in [5, 5.41) is 10.9. The number of sulfonamides is 1. The second-order valence-corrected chi connectivity index (χ2v) is 7.71. The average Bonchev–Trinajstić information content (AvgIpc) is 2.98. The zero-order valence-corrected chi connectivity index (χ0v) is 12.7. The van der Waals surface area contributed by atoms with E-state index in [4.69, 9.17) is 5.11 Å². The fourth-order valence-corrected chi connectivity index (χ4v) is 4.74. The molecule has 0 saturated heterocycles. The molecular weight excluding hydrogens is 304 g/mol. The first-order valence-electron chi connectivity index (χ1n) is 5.60. The van der Waals surface area contributed by atoms with E-state index in [0.717, 1.165) is 5.69 Å². The Morgan fingerprint density at radius 2 is 2.26 bits per heavy atom. The molecule has 8 heteroatoms. The van der Waals surface area contributed by atoms with E-state index in [0.29, 0.717) is 22.7 Å². The van der Waals surface area contributed by atoms with Crippen molar-refractivity contribution in [3.05, 3.63) is 32.4 Å². The maximum Gasteiger partial charge on any atom is 0.241 e. The van der Waals surface area contributed by atoms with Gasteiger partial charge in [-0.1, -0.05) is 0 Å². The van der Waals surface area contributed by atoms with Gasteiger partial charge in [-0.3, -0.25) is 0 Å². The third kappa shape index (κ3) is 3.61. The van der Waals surface area contributed by atoms with Gasteiger partial charge in [-0.25, -0.2) is 18.1 Å². The van der Waals surface area contributed by atoms with Crippen molar-refractivity contribution in [1.29, 1.82) is 0 Å². The van der Waals surface area contributed by atoms with E-state index in [1.807, 2.05) is 5.38 Å². The highest BCUT2D eigenvalue weighted by molar-refractivity contribution is 7.89. The minimum Gasteiger partial charge on any atom is -0.391 e. The summed E-state index contributed by atoms with van der Waals surface area (Å²) < 4.78 is 26.8. The quantitative estimate of drug-likeness (QED) is 0.846. The van der Waals surface area contributed by atoms with Gasteiger partial charge in [0.05, 0.1) is 22.7 Å². The van der Waals surface area contributed by atoms with Crippen LogP contribution in [0.2, 0.25) is 0 Å². The van der Waals surface area contributed by atoms with E-state index >= 15 is 0 Å². The van der Waals surface area contributed by atoms with Crippen molar-refractivity contribution in [3.63, 3.8) is 0 Å². The van der Waals surface area contributed by atoms with E-state index in [9.17, 15) is 8.42 Å². The first-order chi connectivity index (χ1) is 9.03. The summed E-state index contributed by atoms with van der Waals surface area (Å²) in [5.74, 6) is 0. The molecule has 0 amide bonds. The normalized spacial score (nSPS) is 11.9. The van der Waals surface area contributed by atoms with Gasteiger partial charge in [-0.2, -0.15) is 0 Å². The lowest BCUT2D eigenvalue weighted by atomic mass is 10.3. The van der Waals surface area contributed by atoms with Gasteiger partial charge in [0.1, 0.15) is 0 Å². The Balaban J connectivity index is 2.03. The number of rotatable bonds is 6. The highest BCUT2D eigenvalue weighted by Crippen LogP contribution is 2.25. The highest BCUT2D eigenvalue weighted by Gasteiger charge is 2.19. The summed E-state index contributed by atoms with van der Waals surface area (Å²) in [7, 11) is -3.51. The van der Waals surface area contributed by atoms with Crippen LogP contribution in [0.15, 0.2) is 21.9 Å². The molecule has 2 aromatic rings. The summed E-state index contributed by atoms with van der Waals surface area (Å²) in [6, 6.07) is 1.52. The van der Waals surface area contributed by atoms with Crippen molar-refractivity contribution in [2.24, 2.45) is 0 Å². The van der Waals surface area contributed by atoms with Crippen molar-refractivity contribution in [1.82, 2.24) is 9.71 Å². The molecule has 0 saturated carbocycles. The zero-order valence-electron chi connectivity index (χ0n) is 10.3. The predicted molar refractivity (Wildman–Crippen MR) is 76.0 cm³/mol. The number of aromatic nitrogens is 1. The van der Waals surface area contributed by atoms with Crippen molar-refractivity contribution in [2.45, 2.75) is 24.8 Å². The van der Waals surface area contributed by atoms with Gasteiger partial charge in [0.2, 0.25) is 10.0 Å². The van der Waals surface area contributed by atoms with Crippen LogP contribution in [0.3, 0.4) is 0 Å². The molecule has 0 bridgehead atoms. The zero-order chi connectivity index (χ0) is 13.9. The molecular formula is C11H14N2O3S3. The highest BCUT2D eigenvalue weighted by atomic mass is 32.2. The Bertz CT molecular complexity index is 632. The number of hydrogen-bond donors (Lipinski definition) is 2. The maximum atomic E-state index is 12.1. The number of thiophene rings is 1. The number of hydrogen-bond acceptors (Lipinski definition) is 6. The molecule has 104 valence electrons. The third-order valence-electron chi connectivity index (χ3n) is 2.53. The lowest BCUT2D eigenvalue weighted by Crippen LogP contribution is -2.26. The number of aryl methyl sites for hydroxylation is 1. The molecule has 0 aliphatic heterocycles. The number of thiazole rings is 1. The topological polar surface area (TPSA) is 79.3 Å². The summed E-state index contributed by atoms with van der Waals surface area (Å²) in [6.45, 7) is 1.91. The Kier molecular flexibility index (Phi) is 4.69. The van der Waals surface area contributed by atoms with Crippen LogP contribution < -0.4 is 4.72 Å². The second kappa shape index (κ2) is 6.10. The molecule has 0 atom stereocenters. The van der Waals surface area contributed by atoms with Gasteiger partial charge in [0.15, 0.2) is 0 Å². The Labute approximate surface area is 120 Å². The van der Waals surface area contributed by atoms with Crippen LogP contribution >= 0.6 is 22.7 Å². The molecule has 2 rings (SSSR count). The molecule has 0 aliphatic carbocycles. The number of nitrogens with zero attached hydrogens (tertiary/aromatic N) is 1. The summed E-state index contributed by atoms with van der Waals surface area (Å²) in [6.07, 6.45) is 0.568. The molecule has 5 nitrogen and oxygen atoms in total. The molecule has 0 unspecified atom stereocenters. The number of aliphatic hydroxyl groups excluding tert-OH is 1. The summed E-state index contributed by atoms with van der Waals surface area (Å²) in [5.41, 5.74) is 2.60. The van der Waals surface area contributed by atoms with E-state index < -0.39 is 10.0 Å². The van der Waals surface area contributed by atoms with Gasteiger partial charge >= 0.3 is 0 Å². The third-order valence-corrected chi connectivity index (χ3v) is 5.91. The van der Waals surface area contributed by atoms with Crippen LogP contribution in [0.25, 0.3) is 0 Å². The van der Waals surface area contributed by atoms with E-state index in [2.05, 4.69) is 9.71 Å². The maximum absolute atomic E-state index is 12.1. The van der Waals surface area contributed by atoms with Crippen molar-refractivity contribution < 1.29 is 13.5 Å². The number of aliphatic hydroxyl groups is 1. The standard InChI is InChI=1S/C11H14N2O3S3/c1-8-11(4-10(5-14)18-8)19(15,16)13-3-2-9-6-17-7-12-9/h4,6-7,13-14H,2-3,5H2,1H3. The van der Waals surface area contributed by atoms with Crippen LogP contribution in [0.1, 0.15) is 15.4 Å². The van der Waals surface area contributed by atoms with Crippen LogP contribution in [0.5, 0.6) is 0 Å². The van der Waals surface area contributed by atoms with Gasteiger partial charge < -0.3 is 5.11 Å². The van der Waals surface area contributed by atoms with Crippen LogP contribution in [-0.4, -0.2) is 25.1 Å². The minimum absolute atomic E-state index is 0.139. The Hall–Kier alpha value is -0.800. The van der Waals surface area contributed by atoms with Crippen molar-refractivity contribution in [3.8, 4) is 0 Å². The minimum atomic E-state index is -3.51. The largest absolute Gasteiger partial charge is 0.391 e. The van der Waals surface area contributed by atoms with Crippen LogP contribution in [0.4, 0.5) is 0 Å². The van der Waals surface area contributed by atoms with Crippen molar-refractivity contribution >= 4 is 32.7 Å². The monoisotopic (exact) mass is 318 g/mol. The average molecular weight is 318 g/mol. The van der Waals surface area contributed by atoms with E-state index in [-0.39, 0.29) is 11.5 Å². The molecule has 0 aliphatic rings. The van der Waals surface area contributed by atoms with Crippen LogP contribution in [-0.2, 0) is 23.1 Å². The molecule has 0 fully saturated rings. The lowest BCUT2D eigenvalue weighted by molar-refractivity contribution is 0.285. The fraction of sp³-hybridized carbons (Fsp3) is 0.364. The molecule has 2 N–H and O–H groups in total. The Morgan fingerprint density at radius 1 is 1.47 bits per heavy atom. The van der Waals surface area contributed by atoms with Gasteiger partial charge in [0.25, 0.3) is 0 Å². The molecule has 0 aromatic carbocycles.